The Bertz CT molecular complexity index is 2560. The first kappa shape index (κ1) is 19.2. The van der Waals surface area contributed by atoms with E-state index in [1.54, 1.807) is 6.92 Å². The summed E-state index contributed by atoms with van der Waals surface area (Å²) in [5.74, 6) is -2.43. The molecule has 242 valence electrons. The molecule has 5 rings (SSSR count). The average Bonchev–Trinajstić information content (AvgIpc) is 3.89. The predicted molar refractivity (Wildman–Crippen MR) is 180 cm³/mol. The highest BCUT2D eigenvalue weighted by molar-refractivity contribution is 5.96. The number of H-pyrrole nitrogens is 2. The Hall–Kier alpha value is -4.54. The van der Waals surface area contributed by atoms with Crippen molar-refractivity contribution in [1.29, 1.82) is 0 Å². The standard InChI is InChI=1S/C36H42N4O6/c1-17-23(9-11-33(41)42)29-16-30-24(10-12-34(43)44)18(2)26(38-30)14-31-36(22(6)46-8)20(4)28(40-31)15-32-35(21(5)45-7)19(3)27(39-32)13-25(17)37-29/h13-16,21-22,38-39H,9-12H2,1-8H3,(H,41,42)(H,43,44)/i3D3,4D2,5D3,13D,14D,15D,16D,21D/hD. The van der Waals surface area contributed by atoms with Crippen LogP contribution in [0, 0.1) is 13.8 Å². The number of carbonyl (C=O) groups is 2. The van der Waals surface area contributed by atoms with Gasteiger partial charge in [-0.3, -0.25) is 9.59 Å². The second-order valence-electron chi connectivity index (χ2n) is 10.8. The Morgan fingerprint density at radius 1 is 0.913 bits per heavy atom. The van der Waals surface area contributed by atoms with E-state index < -0.39 is 110 Å². The maximum Gasteiger partial charge on any atom is 0.303 e. The topological polar surface area (TPSA) is 150 Å². The van der Waals surface area contributed by atoms with Gasteiger partial charge in [-0.25, -0.2) is 9.97 Å². The minimum absolute atomic E-state index is 0.0211. The minimum atomic E-state index is -3.53. The van der Waals surface area contributed by atoms with E-state index in [2.05, 4.69) is 15.0 Å². The van der Waals surface area contributed by atoms with Gasteiger partial charge in [0.1, 0.15) is 0 Å². The zero-order valence-corrected chi connectivity index (χ0v) is 25.9. The summed E-state index contributed by atoms with van der Waals surface area (Å²) in [6.07, 6.45) is -5.79. The summed E-state index contributed by atoms with van der Waals surface area (Å²) < 4.78 is 136. The van der Waals surface area contributed by atoms with Crippen LogP contribution in [0.4, 0.5) is 0 Å². The van der Waals surface area contributed by atoms with Gasteiger partial charge in [-0.1, -0.05) is 0 Å². The van der Waals surface area contributed by atoms with Crippen LogP contribution in [-0.2, 0) is 25.5 Å². The Kier molecular flexibility index (Phi) is 5.45. The number of rotatable bonds is 10. The first-order valence-corrected chi connectivity index (χ1v) is 14.3. The van der Waals surface area contributed by atoms with E-state index in [9.17, 15) is 28.1 Å². The number of fused-ring (bicyclic) bond motifs is 8. The summed E-state index contributed by atoms with van der Waals surface area (Å²) in [4.78, 5) is 36.0. The molecule has 3 aromatic rings. The zero-order valence-electron chi connectivity index (χ0n) is 39.9. The lowest BCUT2D eigenvalue weighted by Crippen LogP contribution is -2.07. The van der Waals surface area contributed by atoms with Gasteiger partial charge >= 0.3 is 11.9 Å². The molecule has 0 fully saturated rings. The molecule has 2 aliphatic rings. The van der Waals surface area contributed by atoms with Crippen LogP contribution in [0.15, 0.2) is 24.2 Å². The van der Waals surface area contributed by atoms with Gasteiger partial charge in [-0.05, 0) is 112 Å². The fourth-order valence-electron chi connectivity index (χ4n) is 5.39. The van der Waals surface area contributed by atoms with Crippen molar-refractivity contribution < 1.29 is 48.5 Å². The Balaban J connectivity index is 2.31. The van der Waals surface area contributed by atoms with Crippen molar-refractivity contribution >= 4 is 56.3 Å². The highest BCUT2D eigenvalue weighted by Crippen LogP contribution is 2.38. The molecule has 3 aromatic heterocycles. The molecule has 5 heterocycles. The molecular weight excluding hydrogens is 584 g/mol. The van der Waals surface area contributed by atoms with Crippen LogP contribution in [-0.4, -0.2) is 62.4 Å². The molecule has 0 saturated carbocycles. The average molecular weight is 641 g/mol. The smallest absolute Gasteiger partial charge is 0.303 e. The minimum Gasteiger partial charge on any atom is -0.481 e. The normalized spacial score (nSPS) is 20.3. The molecule has 10 heteroatoms. The van der Waals surface area contributed by atoms with E-state index in [-0.39, 0.29) is 79.4 Å². The van der Waals surface area contributed by atoms with Gasteiger partial charge in [-0.2, -0.15) is 0 Å². The number of carboxylic acids is 2. The van der Waals surface area contributed by atoms with Crippen LogP contribution in [0.5, 0.6) is 0 Å². The van der Waals surface area contributed by atoms with Gasteiger partial charge < -0.3 is 29.6 Å². The van der Waals surface area contributed by atoms with Gasteiger partial charge in [0, 0.05) is 71.2 Å². The second-order valence-corrected chi connectivity index (χ2v) is 10.8. The molecule has 46 heavy (non-hydrogen) atoms. The van der Waals surface area contributed by atoms with Crippen molar-refractivity contribution in [3.63, 3.8) is 0 Å². The first-order chi connectivity index (χ1) is 27.7. The van der Waals surface area contributed by atoms with Crippen LogP contribution < -0.4 is 0 Å². The van der Waals surface area contributed by atoms with Gasteiger partial charge in [0.2, 0.25) is 0 Å². The third-order valence-corrected chi connectivity index (χ3v) is 8.00. The van der Waals surface area contributed by atoms with E-state index >= 15 is 0 Å². The monoisotopic (exact) mass is 640 g/mol. The van der Waals surface area contributed by atoms with Gasteiger partial charge in [0.15, 0.2) is 1.41 Å². The molecule has 8 bridgehead atoms. The van der Waals surface area contributed by atoms with Gasteiger partial charge in [0.05, 0.1) is 41.8 Å². The van der Waals surface area contributed by atoms with E-state index in [4.69, 9.17) is 20.4 Å². The zero-order chi connectivity index (χ0) is 45.3. The molecule has 10 nitrogen and oxygen atoms in total. The molecule has 4 N–H and O–H groups in total. The molecule has 0 amide bonds. The van der Waals surface area contributed by atoms with Gasteiger partial charge in [-0.15, -0.1) is 0 Å². The maximum atomic E-state index is 11.9. The van der Waals surface area contributed by atoms with Crippen LogP contribution in [0.3, 0.4) is 0 Å². The Morgan fingerprint density at radius 3 is 2.22 bits per heavy atom. The second kappa shape index (κ2) is 13.1. The van der Waals surface area contributed by atoms with Crippen LogP contribution >= 0.6 is 0 Å². The highest BCUT2D eigenvalue weighted by atomic mass is 16.5. The lowest BCUT2D eigenvalue weighted by molar-refractivity contribution is -0.137. The van der Waals surface area contributed by atoms with Crippen LogP contribution in [0.25, 0.3) is 44.4 Å². The van der Waals surface area contributed by atoms with Crippen molar-refractivity contribution in [2.75, 3.05) is 14.2 Å². The molecule has 2 atom stereocenters. The van der Waals surface area contributed by atoms with Crippen molar-refractivity contribution in [2.45, 2.75) is 79.2 Å². The number of methoxy groups -OCH3 is 2. The number of allylic oxidation sites excluding steroid dienone is 3. The molecule has 2 unspecified atom stereocenters. The number of aromatic amines is 2. The Labute approximate surface area is 288 Å². The predicted octanol–water partition coefficient (Wildman–Crippen LogP) is 7.42. The van der Waals surface area contributed by atoms with Crippen molar-refractivity contribution in [3.8, 4) is 0 Å². The van der Waals surface area contributed by atoms with Gasteiger partial charge in [0.25, 0.3) is 0 Å². The van der Waals surface area contributed by atoms with E-state index in [0.717, 1.165) is 7.11 Å². The molecule has 0 aromatic carbocycles. The lowest BCUT2D eigenvalue weighted by atomic mass is 9.99. The molecule has 0 radical (unpaired) electrons. The molecule has 0 saturated heterocycles. The third kappa shape index (κ3) is 6.15. The molecule has 0 aliphatic carbocycles. The Morgan fingerprint density at radius 2 is 1.57 bits per heavy atom. The first-order valence-electron chi connectivity index (χ1n) is 21.4. The molecule has 0 spiro atoms. The summed E-state index contributed by atoms with van der Waals surface area (Å²) in [6.45, 7) is -4.53. The van der Waals surface area contributed by atoms with Crippen LogP contribution in [0.2, 0.25) is 1.41 Å². The van der Waals surface area contributed by atoms with Crippen molar-refractivity contribution in [3.05, 3.63) is 69.2 Å². The number of nitrogens with one attached hydrogen (secondary N) is 2. The van der Waals surface area contributed by atoms with E-state index in [0.29, 0.717) is 0 Å². The van der Waals surface area contributed by atoms with Crippen molar-refractivity contribution in [1.82, 2.24) is 19.9 Å². The van der Waals surface area contributed by atoms with E-state index in [1.807, 2.05) is 0 Å². The SMILES string of the molecule is [2H]c1c2nc(c([2H])c3c(C([2H])(OC)C([2H])([2H])[2H])c(C([2H])([2H])[2H])c(c([2H])c4nc(c([2H])c5[nH]c1c(C)c5CCC(=O)O)C(CCC(=O)O)=C4C)n3[2H])C(C([2H])[2H])=C2C(C)OC. The lowest BCUT2D eigenvalue weighted by Gasteiger charge is -2.12. The number of hydrogen-bond donors (Lipinski definition) is 4. The number of carboxylic acid groups (broad SMARTS) is 2. The van der Waals surface area contributed by atoms with Crippen LogP contribution in [0.1, 0.15) is 116 Å². The summed E-state index contributed by atoms with van der Waals surface area (Å²) >= 11 is 0. The number of hydrogen-bond acceptors (Lipinski definition) is 6. The number of nitrogens with zero attached hydrogens (tertiary/aromatic N) is 2. The largest absolute Gasteiger partial charge is 0.481 e. The maximum absolute atomic E-state index is 11.9. The van der Waals surface area contributed by atoms with E-state index in [1.165, 1.54) is 21.0 Å². The molecular formula is C36H42N4O6. The summed E-state index contributed by atoms with van der Waals surface area (Å²) in [5, 5.41) is 19.3. The summed E-state index contributed by atoms with van der Waals surface area (Å²) in [7, 11) is 2.09. The number of ether oxygens (including phenoxy) is 2. The summed E-state index contributed by atoms with van der Waals surface area (Å²) in [5.41, 5.74) is -5.16. The highest BCUT2D eigenvalue weighted by Gasteiger charge is 2.24. The quantitative estimate of drug-likeness (QED) is 0.179. The third-order valence-electron chi connectivity index (χ3n) is 8.00. The van der Waals surface area contributed by atoms with Crippen molar-refractivity contribution in [2.24, 2.45) is 0 Å². The fourth-order valence-corrected chi connectivity index (χ4v) is 5.39. The number of aliphatic carboxylic acids is 2. The number of aryl methyl sites for hydroxylation is 3. The fraction of sp³-hybridized carbons (Fsp3) is 0.389. The summed E-state index contributed by atoms with van der Waals surface area (Å²) in [6, 6.07) is -2.71. The number of aromatic nitrogens is 4. The molecule has 2 aliphatic heterocycles.